The summed E-state index contributed by atoms with van der Waals surface area (Å²) in [5.74, 6) is -1.74. The molecule has 0 fully saturated rings. The maximum absolute atomic E-state index is 12.4. The quantitative estimate of drug-likeness (QED) is 0.323. The monoisotopic (exact) mass is 516 g/mol. The van der Waals surface area contributed by atoms with Gasteiger partial charge in [-0.25, -0.2) is 9.78 Å². The Bertz CT molecular complexity index is 859. The molecule has 0 saturated heterocycles. The van der Waals surface area contributed by atoms with Crippen molar-refractivity contribution >= 4 is 17.7 Å². The Morgan fingerprint density at radius 1 is 1.19 bits per heavy atom. The third-order valence-corrected chi connectivity index (χ3v) is 5.78. The number of carbonyl (C=O) groups excluding carboxylic acids is 1. The molecule has 1 amide bonds. The lowest BCUT2D eigenvalue weighted by Gasteiger charge is -2.27. The van der Waals surface area contributed by atoms with Crippen LogP contribution < -0.4 is 10.6 Å². The average Bonchev–Trinajstić information content (AvgIpc) is 2.76. The molecule has 204 valence electrons. The first-order valence-electron chi connectivity index (χ1n) is 12.5. The highest BCUT2D eigenvalue weighted by molar-refractivity contribution is 5.83. The van der Waals surface area contributed by atoms with Crippen LogP contribution in [0.5, 0.6) is 0 Å². The molecule has 1 aliphatic rings. The van der Waals surface area contributed by atoms with Crippen molar-refractivity contribution in [2.45, 2.75) is 83.5 Å². The second-order valence-corrected chi connectivity index (χ2v) is 10.1. The van der Waals surface area contributed by atoms with Gasteiger partial charge in [0.2, 0.25) is 5.91 Å². The number of ether oxygens (including phenoxy) is 1. The Balaban J connectivity index is 1.87. The zero-order valence-corrected chi connectivity index (χ0v) is 21.4. The van der Waals surface area contributed by atoms with E-state index in [1.165, 1.54) is 5.56 Å². The molecule has 8 nitrogen and oxygen atoms in total. The fraction of sp³-hybridized carbons (Fsp3) is 0.720. The molecule has 11 heteroatoms. The van der Waals surface area contributed by atoms with E-state index in [1.807, 2.05) is 31.0 Å². The number of anilines is 1. The smallest absolute Gasteiger partial charge is 0.397 e. The number of carboxylic acids is 1. The molecular weight excluding hydrogens is 477 g/mol. The third-order valence-electron chi connectivity index (χ3n) is 5.78. The summed E-state index contributed by atoms with van der Waals surface area (Å²) in [7, 11) is 0. The normalized spacial score (nSPS) is 14.8. The van der Waals surface area contributed by atoms with Crippen LogP contribution in [0.4, 0.5) is 19.0 Å². The molecule has 2 rings (SSSR count). The van der Waals surface area contributed by atoms with Gasteiger partial charge in [0.15, 0.2) is 0 Å². The number of carbonyl (C=O) groups is 2. The molecule has 0 spiro atoms. The lowest BCUT2D eigenvalue weighted by atomic mass is 10.1. The van der Waals surface area contributed by atoms with Crippen molar-refractivity contribution in [3.05, 3.63) is 23.4 Å². The van der Waals surface area contributed by atoms with Crippen molar-refractivity contribution in [2.75, 3.05) is 38.1 Å². The fourth-order valence-corrected chi connectivity index (χ4v) is 3.96. The van der Waals surface area contributed by atoms with Crippen LogP contribution in [0, 0.1) is 0 Å². The van der Waals surface area contributed by atoms with E-state index in [1.54, 1.807) is 0 Å². The highest BCUT2D eigenvalue weighted by Gasteiger charge is 2.33. The van der Waals surface area contributed by atoms with Gasteiger partial charge in [-0.3, -0.25) is 4.79 Å². The number of pyridine rings is 1. The summed E-state index contributed by atoms with van der Waals surface area (Å²) < 4.78 is 43.1. The van der Waals surface area contributed by atoms with Gasteiger partial charge in [0.1, 0.15) is 18.3 Å². The molecule has 0 aromatic carbocycles. The summed E-state index contributed by atoms with van der Waals surface area (Å²) in [5.41, 5.74) is 1.93. The van der Waals surface area contributed by atoms with Crippen molar-refractivity contribution < 1.29 is 32.6 Å². The van der Waals surface area contributed by atoms with Crippen LogP contribution >= 0.6 is 0 Å². The predicted molar refractivity (Wildman–Crippen MR) is 131 cm³/mol. The number of nitrogens with one attached hydrogen (secondary N) is 2. The second kappa shape index (κ2) is 13.8. The van der Waals surface area contributed by atoms with Gasteiger partial charge in [0.25, 0.3) is 0 Å². The topological polar surface area (TPSA) is 104 Å². The summed E-state index contributed by atoms with van der Waals surface area (Å²) in [6.07, 6.45) is -1.72. The van der Waals surface area contributed by atoms with Crippen molar-refractivity contribution in [1.82, 2.24) is 15.2 Å². The minimum atomic E-state index is -4.69. The van der Waals surface area contributed by atoms with E-state index < -0.39 is 30.5 Å². The summed E-state index contributed by atoms with van der Waals surface area (Å²) in [5, 5.41) is 14.7. The molecule has 1 aromatic rings. The highest BCUT2D eigenvalue weighted by atomic mass is 19.4. The van der Waals surface area contributed by atoms with Crippen LogP contribution in [0.3, 0.4) is 0 Å². The fourth-order valence-electron chi connectivity index (χ4n) is 3.96. The van der Waals surface area contributed by atoms with Crippen LogP contribution in [0.1, 0.15) is 64.1 Å². The van der Waals surface area contributed by atoms with E-state index in [0.717, 1.165) is 50.2 Å². The van der Waals surface area contributed by atoms with Gasteiger partial charge in [0, 0.05) is 25.3 Å². The van der Waals surface area contributed by atoms with Crippen molar-refractivity contribution in [1.29, 1.82) is 0 Å². The Hall–Kier alpha value is -2.40. The van der Waals surface area contributed by atoms with Gasteiger partial charge in [-0.2, -0.15) is 13.2 Å². The van der Waals surface area contributed by atoms with Crippen LogP contribution in [0.2, 0.25) is 0 Å². The number of hydrogen-bond donors (Lipinski definition) is 3. The number of carboxylic acid groups (broad SMARTS) is 1. The van der Waals surface area contributed by atoms with Gasteiger partial charge < -0.3 is 25.4 Å². The SMILES string of the molecule is CC(C)(C)OCCN(CCCCc1ccc2c(n1)NCCC2)CCC(NC(=O)CC(F)(F)F)C(=O)O. The minimum absolute atomic E-state index is 0.00745. The van der Waals surface area contributed by atoms with Crippen molar-refractivity contribution in [3.8, 4) is 0 Å². The maximum atomic E-state index is 12.4. The molecule has 0 saturated carbocycles. The standard InChI is InChI=1S/C25H39F3N4O4/c1-24(2,3)36-16-15-32(14-11-20(23(34)35)31-21(33)17-25(26,27)28)13-5-4-8-19-10-9-18-7-6-12-29-22(18)30-19/h9-10,20H,4-8,11-17H2,1-3H3,(H,29,30)(H,31,33)(H,34,35). The Kier molecular flexibility index (Phi) is 11.4. The summed E-state index contributed by atoms with van der Waals surface area (Å²) in [4.78, 5) is 29.9. The van der Waals surface area contributed by atoms with Gasteiger partial charge in [-0.15, -0.1) is 0 Å². The van der Waals surface area contributed by atoms with Crippen molar-refractivity contribution in [2.24, 2.45) is 0 Å². The Morgan fingerprint density at radius 2 is 1.94 bits per heavy atom. The highest BCUT2D eigenvalue weighted by Crippen LogP contribution is 2.21. The first-order valence-corrected chi connectivity index (χ1v) is 12.5. The number of amides is 1. The lowest BCUT2D eigenvalue weighted by molar-refractivity contribution is -0.157. The minimum Gasteiger partial charge on any atom is -0.480 e. The maximum Gasteiger partial charge on any atom is 0.397 e. The molecular formula is C25H39F3N4O4. The number of halogens is 3. The number of alkyl halides is 3. The number of aliphatic carboxylic acids is 1. The van der Waals surface area contributed by atoms with Gasteiger partial charge in [-0.1, -0.05) is 6.07 Å². The van der Waals surface area contributed by atoms with E-state index in [9.17, 15) is 27.9 Å². The van der Waals surface area contributed by atoms with Crippen molar-refractivity contribution in [3.63, 3.8) is 0 Å². The molecule has 36 heavy (non-hydrogen) atoms. The van der Waals surface area contributed by atoms with Crippen LogP contribution in [0.15, 0.2) is 12.1 Å². The lowest BCUT2D eigenvalue weighted by Crippen LogP contribution is -2.44. The number of rotatable bonds is 14. The first-order chi connectivity index (χ1) is 16.8. The number of nitrogens with zero attached hydrogens (tertiary/aromatic N) is 2. The largest absolute Gasteiger partial charge is 0.480 e. The van der Waals surface area contributed by atoms with Gasteiger partial charge in [-0.05, 0) is 77.5 Å². The van der Waals surface area contributed by atoms with E-state index in [0.29, 0.717) is 26.2 Å². The average molecular weight is 517 g/mol. The molecule has 1 unspecified atom stereocenters. The number of aryl methyl sites for hydroxylation is 2. The third kappa shape index (κ3) is 12.0. The predicted octanol–water partition coefficient (Wildman–Crippen LogP) is 3.79. The number of aromatic nitrogens is 1. The molecule has 0 radical (unpaired) electrons. The molecule has 1 aromatic heterocycles. The number of unbranched alkanes of at least 4 members (excludes halogenated alkanes) is 1. The zero-order chi connectivity index (χ0) is 26.8. The summed E-state index contributed by atoms with van der Waals surface area (Å²) in [6, 6.07) is 2.79. The number of fused-ring (bicyclic) bond motifs is 1. The molecule has 1 atom stereocenters. The Morgan fingerprint density at radius 3 is 2.61 bits per heavy atom. The van der Waals surface area contributed by atoms with Gasteiger partial charge in [0.05, 0.1) is 12.2 Å². The van der Waals surface area contributed by atoms with E-state index in [-0.39, 0.29) is 12.0 Å². The molecule has 2 heterocycles. The van der Waals surface area contributed by atoms with E-state index >= 15 is 0 Å². The van der Waals surface area contributed by atoms with E-state index in [4.69, 9.17) is 9.72 Å². The summed E-state index contributed by atoms with van der Waals surface area (Å²) in [6.45, 7) is 8.69. The van der Waals surface area contributed by atoms with E-state index in [2.05, 4.69) is 17.4 Å². The zero-order valence-electron chi connectivity index (χ0n) is 21.4. The summed E-state index contributed by atoms with van der Waals surface area (Å²) >= 11 is 0. The van der Waals surface area contributed by atoms with Crippen LogP contribution in [-0.2, 0) is 27.2 Å². The number of hydrogen-bond acceptors (Lipinski definition) is 6. The molecule has 1 aliphatic heterocycles. The second-order valence-electron chi connectivity index (χ2n) is 10.1. The molecule has 0 bridgehead atoms. The van der Waals surface area contributed by atoms with Gasteiger partial charge >= 0.3 is 12.1 Å². The molecule has 0 aliphatic carbocycles. The Labute approximate surface area is 211 Å². The van der Waals surface area contributed by atoms with Crippen LogP contribution in [-0.4, -0.2) is 77.5 Å². The molecule has 3 N–H and O–H groups in total. The first kappa shape index (κ1) is 29.8. The van der Waals surface area contributed by atoms with Crippen LogP contribution in [0.25, 0.3) is 0 Å².